The standard InChI is InChI=1S/C23H24IN5O2S/c1-4-13-29-21(16(3)25-22(31)19-8-6-5-7-15(19)2)27-28-23(29)32-14-20(30)26-18-11-9-17(24)10-12-18/h4-12,16H,1,13-14H2,2-3H3,(H,25,31)(H,26,30)/t16-/m1/s1. The van der Waals surface area contributed by atoms with Gasteiger partial charge in [0.05, 0.1) is 11.8 Å². The van der Waals surface area contributed by atoms with Crippen molar-refractivity contribution < 1.29 is 9.59 Å². The lowest BCUT2D eigenvalue weighted by Gasteiger charge is -2.16. The van der Waals surface area contributed by atoms with Crippen LogP contribution in [-0.4, -0.2) is 32.3 Å². The highest BCUT2D eigenvalue weighted by molar-refractivity contribution is 14.1. The van der Waals surface area contributed by atoms with Crippen LogP contribution in [0, 0.1) is 10.5 Å². The molecule has 0 aliphatic rings. The highest BCUT2D eigenvalue weighted by Gasteiger charge is 2.21. The Hall–Kier alpha value is -2.66. The highest BCUT2D eigenvalue weighted by atomic mass is 127. The second-order valence-electron chi connectivity index (χ2n) is 7.09. The Morgan fingerprint density at radius 1 is 1.19 bits per heavy atom. The number of aryl methyl sites for hydroxylation is 1. The molecule has 0 unspecified atom stereocenters. The van der Waals surface area contributed by atoms with E-state index in [1.54, 1.807) is 12.1 Å². The van der Waals surface area contributed by atoms with Gasteiger partial charge in [0.15, 0.2) is 11.0 Å². The second kappa shape index (κ2) is 11.3. The Kier molecular flexibility index (Phi) is 8.46. The molecule has 3 aromatic rings. The second-order valence-corrected chi connectivity index (χ2v) is 9.28. The van der Waals surface area contributed by atoms with Crippen LogP contribution in [0.15, 0.2) is 66.3 Å². The van der Waals surface area contributed by atoms with E-state index in [1.807, 2.05) is 60.9 Å². The maximum Gasteiger partial charge on any atom is 0.252 e. The molecule has 0 saturated carbocycles. The van der Waals surface area contributed by atoms with E-state index in [4.69, 9.17) is 0 Å². The molecule has 0 spiro atoms. The van der Waals surface area contributed by atoms with Gasteiger partial charge in [0, 0.05) is 21.4 Å². The Morgan fingerprint density at radius 3 is 2.59 bits per heavy atom. The summed E-state index contributed by atoms with van der Waals surface area (Å²) in [5.41, 5.74) is 2.27. The zero-order valence-corrected chi connectivity index (χ0v) is 20.8. The van der Waals surface area contributed by atoms with Crippen LogP contribution in [0.4, 0.5) is 5.69 Å². The first kappa shape index (κ1) is 24.0. The van der Waals surface area contributed by atoms with Gasteiger partial charge in [-0.15, -0.1) is 16.8 Å². The van der Waals surface area contributed by atoms with E-state index < -0.39 is 0 Å². The van der Waals surface area contributed by atoms with E-state index >= 15 is 0 Å². The lowest BCUT2D eigenvalue weighted by molar-refractivity contribution is -0.113. The lowest BCUT2D eigenvalue weighted by Crippen LogP contribution is -2.29. The van der Waals surface area contributed by atoms with Gasteiger partial charge in [0.1, 0.15) is 0 Å². The van der Waals surface area contributed by atoms with Crippen molar-refractivity contribution in [3.8, 4) is 0 Å². The number of carbonyl (C=O) groups excluding carboxylic acids is 2. The largest absolute Gasteiger partial charge is 0.342 e. The molecule has 1 atom stereocenters. The fourth-order valence-electron chi connectivity index (χ4n) is 3.05. The summed E-state index contributed by atoms with van der Waals surface area (Å²) < 4.78 is 2.96. The first-order valence-electron chi connectivity index (χ1n) is 9.97. The van der Waals surface area contributed by atoms with Gasteiger partial charge in [-0.3, -0.25) is 9.59 Å². The number of amides is 2. The number of aromatic nitrogens is 3. The average Bonchev–Trinajstić information content (AvgIpc) is 3.17. The molecule has 0 fully saturated rings. The highest BCUT2D eigenvalue weighted by Crippen LogP contribution is 2.22. The van der Waals surface area contributed by atoms with Crippen molar-refractivity contribution in [3.05, 3.63) is 81.7 Å². The molecule has 2 amide bonds. The van der Waals surface area contributed by atoms with Crippen LogP contribution < -0.4 is 10.6 Å². The number of allylic oxidation sites excluding steroid dienone is 1. The van der Waals surface area contributed by atoms with Crippen LogP contribution in [0.3, 0.4) is 0 Å². The number of benzene rings is 2. The van der Waals surface area contributed by atoms with Crippen LogP contribution in [0.1, 0.15) is 34.7 Å². The summed E-state index contributed by atoms with van der Waals surface area (Å²) in [7, 11) is 0. The first-order valence-corrected chi connectivity index (χ1v) is 12.0. The fourth-order valence-corrected chi connectivity index (χ4v) is 4.17. The molecule has 0 aliphatic heterocycles. The molecule has 2 aromatic carbocycles. The van der Waals surface area contributed by atoms with Crippen LogP contribution in [-0.2, 0) is 11.3 Å². The summed E-state index contributed by atoms with van der Waals surface area (Å²) in [6, 6.07) is 14.6. The molecule has 7 nitrogen and oxygen atoms in total. The van der Waals surface area contributed by atoms with Crippen molar-refractivity contribution in [3.63, 3.8) is 0 Å². The number of hydrogen-bond donors (Lipinski definition) is 2. The molecule has 0 bridgehead atoms. The van der Waals surface area contributed by atoms with E-state index in [9.17, 15) is 9.59 Å². The molecule has 1 aromatic heterocycles. The zero-order valence-electron chi connectivity index (χ0n) is 17.8. The summed E-state index contributed by atoms with van der Waals surface area (Å²) in [5.74, 6) is 0.486. The van der Waals surface area contributed by atoms with Crippen LogP contribution in [0.5, 0.6) is 0 Å². The maximum atomic E-state index is 12.7. The van der Waals surface area contributed by atoms with Crippen molar-refractivity contribution in [2.75, 3.05) is 11.1 Å². The van der Waals surface area contributed by atoms with E-state index in [1.165, 1.54) is 11.8 Å². The predicted molar refractivity (Wildman–Crippen MR) is 136 cm³/mol. The molecule has 166 valence electrons. The Balaban J connectivity index is 1.67. The topological polar surface area (TPSA) is 88.9 Å². The lowest BCUT2D eigenvalue weighted by atomic mass is 10.1. The van der Waals surface area contributed by atoms with Crippen LogP contribution in [0.2, 0.25) is 0 Å². The van der Waals surface area contributed by atoms with E-state index in [-0.39, 0.29) is 23.6 Å². The predicted octanol–water partition coefficient (Wildman–Crippen LogP) is 4.60. The van der Waals surface area contributed by atoms with E-state index in [2.05, 4.69) is 50.0 Å². The normalized spacial score (nSPS) is 11.6. The quantitative estimate of drug-likeness (QED) is 0.227. The number of halogens is 1. The maximum absolute atomic E-state index is 12.7. The van der Waals surface area contributed by atoms with E-state index in [0.717, 1.165) is 14.8 Å². The molecule has 2 N–H and O–H groups in total. The van der Waals surface area contributed by atoms with Gasteiger partial charge in [0.2, 0.25) is 5.91 Å². The Bertz CT molecular complexity index is 1110. The average molecular weight is 561 g/mol. The van der Waals surface area contributed by atoms with Gasteiger partial charge in [-0.25, -0.2) is 0 Å². The third kappa shape index (κ3) is 6.19. The molecule has 3 rings (SSSR count). The molecule has 9 heteroatoms. The molecule has 0 aliphatic carbocycles. The van der Waals surface area contributed by atoms with Gasteiger partial charge in [-0.2, -0.15) is 0 Å². The zero-order chi connectivity index (χ0) is 23.1. The van der Waals surface area contributed by atoms with Gasteiger partial charge < -0.3 is 15.2 Å². The molecular weight excluding hydrogens is 537 g/mol. The van der Waals surface area contributed by atoms with E-state index in [0.29, 0.717) is 23.1 Å². The SMILES string of the molecule is C=CCn1c(SCC(=O)Nc2ccc(I)cc2)nnc1[C@@H](C)NC(=O)c1ccccc1C. The Morgan fingerprint density at radius 2 is 1.91 bits per heavy atom. The van der Waals surface area contributed by atoms with Gasteiger partial charge in [0.25, 0.3) is 5.91 Å². The van der Waals surface area contributed by atoms with Gasteiger partial charge in [-0.05, 0) is 72.3 Å². The van der Waals surface area contributed by atoms with Crippen molar-refractivity contribution in [1.29, 1.82) is 0 Å². The molecule has 32 heavy (non-hydrogen) atoms. The first-order chi connectivity index (χ1) is 15.4. The summed E-state index contributed by atoms with van der Waals surface area (Å²) in [6.07, 6.45) is 1.73. The van der Waals surface area contributed by atoms with Gasteiger partial charge >= 0.3 is 0 Å². The number of hydrogen-bond acceptors (Lipinski definition) is 5. The molecule has 1 heterocycles. The smallest absolute Gasteiger partial charge is 0.252 e. The third-order valence-corrected chi connectivity index (χ3v) is 6.33. The van der Waals surface area contributed by atoms with Crippen molar-refractivity contribution in [2.24, 2.45) is 0 Å². The van der Waals surface area contributed by atoms with Gasteiger partial charge in [-0.1, -0.05) is 36.0 Å². The summed E-state index contributed by atoms with van der Waals surface area (Å²) >= 11 is 3.50. The molecule has 0 saturated heterocycles. The van der Waals surface area contributed by atoms with Crippen molar-refractivity contribution in [2.45, 2.75) is 31.6 Å². The van der Waals surface area contributed by atoms with Crippen molar-refractivity contribution in [1.82, 2.24) is 20.1 Å². The Labute approximate surface area is 205 Å². The summed E-state index contributed by atoms with van der Waals surface area (Å²) in [6.45, 7) is 8.03. The van der Waals surface area contributed by atoms with Crippen LogP contribution in [0.25, 0.3) is 0 Å². The summed E-state index contributed by atoms with van der Waals surface area (Å²) in [5, 5.41) is 15.0. The number of thioether (sulfide) groups is 1. The summed E-state index contributed by atoms with van der Waals surface area (Å²) in [4.78, 5) is 25.0. The fraction of sp³-hybridized carbons (Fsp3) is 0.217. The number of anilines is 1. The minimum atomic E-state index is -0.371. The minimum absolute atomic E-state index is 0.133. The number of carbonyl (C=O) groups is 2. The molecule has 0 radical (unpaired) electrons. The number of rotatable bonds is 9. The minimum Gasteiger partial charge on any atom is -0.342 e. The number of nitrogens with one attached hydrogen (secondary N) is 2. The molecular formula is C23H24IN5O2S. The third-order valence-electron chi connectivity index (χ3n) is 4.64. The number of nitrogens with zero attached hydrogens (tertiary/aromatic N) is 3. The van der Waals surface area contributed by atoms with Crippen molar-refractivity contribution >= 4 is 51.9 Å². The van der Waals surface area contributed by atoms with Crippen LogP contribution >= 0.6 is 34.4 Å². The monoisotopic (exact) mass is 561 g/mol.